The van der Waals surface area contributed by atoms with E-state index in [1.807, 2.05) is 4.90 Å². The number of likely N-dealkylation sites (tertiary alicyclic amines) is 1. The Labute approximate surface area is 94.0 Å². The van der Waals surface area contributed by atoms with Gasteiger partial charge in [-0.2, -0.15) is 0 Å². The van der Waals surface area contributed by atoms with Gasteiger partial charge in [0.15, 0.2) is 0 Å². The molecule has 0 radical (unpaired) electrons. The fourth-order valence-corrected chi connectivity index (χ4v) is 2.83. The van der Waals surface area contributed by atoms with E-state index >= 15 is 0 Å². The number of carbonyl (C=O) groups is 1. The van der Waals surface area contributed by atoms with Crippen LogP contribution in [0.5, 0.6) is 0 Å². The zero-order valence-electron chi connectivity index (χ0n) is 10.5. The summed E-state index contributed by atoms with van der Waals surface area (Å²) < 4.78 is 0. The van der Waals surface area contributed by atoms with Crippen molar-refractivity contribution in [1.29, 1.82) is 0 Å². The van der Waals surface area contributed by atoms with Crippen LogP contribution in [-0.4, -0.2) is 23.9 Å². The van der Waals surface area contributed by atoms with E-state index in [1.165, 1.54) is 32.1 Å². The van der Waals surface area contributed by atoms with Crippen LogP contribution in [0.4, 0.5) is 0 Å². The summed E-state index contributed by atoms with van der Waals surface area (Å²) in [7, 11) is 0. The number of rotatable bonds is 4. The Bertz CT molecular complexity index is 195. The summed E-state index contributed by atoms with van der Waals surface area (Å²) in [5.41, 5.74) is 0. The lowest BCUT2D eigenvalue weighted by molar-refractivity contribution is -0.130. The number of hydrogen-bond acceptors (Lipinski definition) is 1. The van der Waals surface area contributed by atoms with Crippen LogP contribution in [0.2, 0.25) is 0 Å². The Morgan fingerprint density at radius 3 is 2.33 bits per heavy atom. The van der Waals surface area contributed by atoms with Crippen LogP contribution in [-0.2, 0) is 4.79 Å². The average molecular weight is 211 g/mol. The largest absolute Gasteiger partial charge is 0.343 e. The lowest BCUT2D eigenvalue weighted by atomic mass is 9.80. The minimum atomic E-state index is 0.247. The normalized spacial score (nSPS) is 20.3. The second kappa shape index (κ2) is 6.14. The summed E-state index contributed by atoms with van der Waals surface area (Å²) in [4.78, 5) is 13.2. The van der Waals surface area contributed by atoms with Crippen molar-refractivity contribution in [2.45, 2.75) is 52.9 Å². The zero-order valence-corrected chi connectivity index (χ0v) is 10.5. The van der Waals surface area contributed by atoms with Gasteiger partial charge < -0.3 is 4.90 Å². The molecule has 0 bridgehead atoms. The standard InChI is InChI=1S/C13H25NO/c1-4-6-12(5-2)13-7-9-14(10-8-13)11(3)15/h12-13H,4-10H2,1-3H3. The van der Waals surface area contributed by atoms with Crippen molar-refractivity contribution in [2.75, 3.05) is 13.1 Å². The number of piperidine rings is 1. The fraction of sp³-hybridized carbons (Fsp3) is 0.923. The summed E-state index contributed by atoms with van der Waals surface area (Å²) in [6.07, 6.45) is 6.40. The first kappa shape index (κ1) is 12.5. The first-order valence-electron chi connectivity index (χ1n) is 6.44. The van der Waals surface area contributed by atoms with E-state index in [0.29, 0.717) is 0 Å². The maximum absolute atomic E-state index is 11.2. The first-order valence-corrected chi connectivity index (χ1v) is 6.44. The lowest BCUT2D eigenvalue weighted by Gasteiger charge is -2.35. The van der Waals surface area contributed by atoms with Crippen LogP contribution < -0.4 is 0 Å². The van der Waals surface area contributed by atoms with E-state index in [1.54, 1.807) is 6.92 Å². The number of amides is 1. The third kappa shape index (κ3) is 3.51. The van der Waals surface area contributed by atoms with E-state index in [4.69, 9.17) is 0 Å². The van der Waals surface area contributed by atoms with Gasteiger partial charge in [-0.1, -0.05) is 33.1 Å². The van der Waals surface area contributed by atoms with Gasteiger partial charge in [-0.25, -0.2) is 0 Å². The highest BCUT2D eigenvalue weighted by atomic mass is 16.2. The molecule has 1 aliphatic heterocycles. The van der Waals surface area contributed by atoms with E-state index in [-0.39, 0.29) is 5.91 Å². The van der Waals surface area contributed by atoms with Gasteiger partial charge in [-0.05, 0) is 24.7 Å². The third-order valence-electron chi connectivity index (χ3n) is 3.84. The van der Waals surface area contributed by atoms with Gasteiger partial charge in [0.25, 0.3) is 0 Å². The molecule has 0 N–H and O–H groups in total. The molecule has 0 spiro atoms. The monoisotopic (exact) mass is 211 g/mol. The van der Waals surface area contributed by atoms with Gasteiger partial charge in [-0.3, -0.25) is 4.79 Å². The van der Waals surface area contributed by atoms with Crippen LogP contribution in [0.1, 0.15) is 52.9 Å². The maximum atomic E-state index is 11.2. The predicted octanol–water partition coefficient (Wildman–Crippen LogP) is 3.07. The highest BCUT2D eigenvalue weighted by Gasteiger charge is 2.25. The molecule has 1 heterocycles. The summed E-state index contributed by atoms with van der Waals surface area (Å²) >= 11 is 0. The van der Waals surface area contributed by atoms with Gasteiger partial charge >= 0.3 is 0 Å². The summed E-state index contributed by atoms with van der Waals surface area (Å²) in [6.45, 7) is 8.23. The summed E-state index contributed by atoms with van der Waals surface area (Å²) in [6, 6.07) is 0. The molecule has 0 saturated carbocycles. The molecule has 15 heavy (non-hydrogen) atoms. The average Bonchev–Trinajstić information content (AvgIpc) is 2.26. The Balaban J connectivity index is 2.38. The second-order valence-corrected chi connectivity index (χ2v) is 4.80. The number of hydrogen-bond donors (Lipinski definition) is 0. The van der Waals surface area contributed by atoms with Crippen molar-refractivity contribution in [2.24, 2.45) is 11.8 Å². The van der Waals surface area contributed by atoms with E-state index in [9.17, 15) is 4.79 Å². The molecule has 1 fully saturated rings. The van der Waals surface area contributed by atoms with E-state index < -0.39 is 0 Å². The van der Waals surface area contributed by atoms with Crippen LogP contribution in [0, 0.1) is 11.8 Å². The molecule has 1 aliphatic rings. The van der Waals surface area contributed by atoms with Gasteiger partial charge in [0, 0.05) is 20.0 Å². The summed E-state index contributed by atoms with van der Waals surface area (Å²) in [5.74, 6) is 2.01. The van der Waals surface area contributed by atoms with Crippen LogP contribution >= 0.6 is 0 Å². The van der Waals surface area contributed by atoms with Gasteiger partial charge in [0.2, 0.25) is 5.91 Å². The number of carbonyl (C=O) groups excluding carboxylic acids is 1. The molecule has 1 rings (SSSR count). The molecule has 0 aromatic carbocycles. The molecule has 0 aliphatic carbocycles. The first-order chi connectivity index (χ1) is 7.19. The van der Waals surface area contributed by atoms with Crippen molar-refractivity contribution in [3.8, 4) is 0 Å². The quantitative estimate of drug-likeness (QED) is 0.700. The van der Waals surface area contributed by atoms with E-state index in [2.05, 4.69) is 13.8 Å². The fourth-order valence-electron chi connectivity index (χ4n) is 2.83. The minimum Gasteiger partial charge on any atom is -0.343 e. The molecule has 0 aromatic rings. The van der Waals surface area contributed by atoms with Crippen molar-refractivity contribution >= 4 is 5.91 Å². The van der Waals surface area contributed by atoms with Gasteiger partial charge in [0.05, 0.1) is 0 Å². The van der Waals surface area contributed by atoms with Gasteiger partial charge in [-0.15, -0.1) is 0 Å². The Morgan fingerprint density at radius 2 is 1.93 bits per heavy atom. The zero-order chi connectivity index (χ0) is 11.3. The van der Waals surface area contributed by atoms with Crippen LogP contribution in [0.25, 0.3) is 0 Å². The molecule has 1 atom stereocenters. The van der Waals surface area contributed by atoms with Crippen molar-refractivity contribution in [3.63, 3.8) is 0 Å². The molecule has 2 nitrogen and oxygen atoms in total. The Hall–Kier alpha value is -0.530. The Morgan fingerprint density at radius 1 is 1.33 bits per heavy atom. The molecule has 1 saturated heterocycles. The molecule has 88 valence electrons. The number of nitrogens with zero attached hydrogens (tertiary/aromatic N) is 1. The van der Waals surface area contributed by atoms with Crippen LogP contribution in [0.15, 0.2) is 0 Å². The Kier molecular flexibility index (Phi) is 5.13. The van der Waals surface area contributed by atoms with Crippen molar-refractivity contribution < 1.29 is 4.79 Å². The molecular formula is C13H25NO. The predicted molar refractivity (Wildman–Crippen MR) is 63.7 cm³/mol. The summed E-state index contributed by atoms with van der Waals surface area (Å²) in [5, 5.41) is 0. The van der Waals surface area contributed by atoms with Crippen LogP contribution in [0.3, 0.4) is 0 Å². The smallest absolute Gasteiger partial charge is 0.219 e. The van der Waals surface area contributed by atoms with Gasteiger partial charge in [0.1, 0.15) is 0 Å². The SMILES string of the molecule is CCCC(CC)C1CCN(C(C)=O)CC1. The maximum Gasteiger partial charge on any atom is 0.219 e. The minimum absolute atomic E-state index is 0.247. The highest BCUT2D eigenvalue weighted by Crippen LogP contribution is 2.30. The molecule has 2 heteroatoms. The molecule has 1 unspecified atom stereocenters. The molecule has 0 aromatic heterocycles. The third-order valence-corrected chi connectivity index (χ3v) is 3.84. The topological polar surface area (TPSA) is 20.3 Å². The van der Waals surface area contributed by atoms with Crippen molar-refractivity contribution in [1.82, 2.24) is 4.90 Å². The molecule has 1 amide bonds. The highest BCUT2D eigenvalue weighted by molar-refractivity contribution is 5.73. The van der Waals surface area contributed by atoms with Crippen molar-refractivity contribution in [3.05, 3.63) is 0 Å². The second-order valence-electron chi connectivity index (χ2n) is 4.80. The molecular weight excluding hydrogens is 186 g/mol. The van der Waals surface area contributed by atoms with E-state index in [0.717, 1.165) is 24.9 Å². The lowest BCUT2D eigenvalue weighted by Crippen LogP contribution is -2.38.